The number of hydrogen-bond acceptors (Lipinski definition) is 4. The van der Waals surface area contributed by atoms with Gasteiger partial charge in [0.1, 0.15) is 18.4 Å². The highest BCUT2D eigenvalue weighted by atomic mass is 16.5. The van der Waals surface area contributed by atoms with Gasteiger partial charge in [0.15, 0.2) is 0 Å². The zero-order valence-corrected chi connectivity index (χ0v) is 12.4. The molecule has 4 nitrogen and oxygen atoms in total. The Bertz CT molecular complexity index is 443. The number of hydrogen-bond donors (Lipinski definition) is 1. The molecule has 0 amide bonds. The molecule has 0 bridgehead atoms. The molecule has 0 fully saturated rings. The van der Waals surface area contributed by atoms with E-state index < -0.39 is 6.04 Å². The van der Waals surface area contributed by atoms with Crippen molar-refractivity contribution in [1.82, 2.24) is 5.32 Å². The summed E-state index contributed by atoms with van der Waals surface area (Å²) in [5.74, 6) is 0.521. The van der Waals surface area contributed by atoms with E-state index in [1.54, 1.807) is 0 Å². The maximum atomic E-state index is 11.6. The maximum Gasteiger partial charge on any atom is 0.326 e. The van der Waals surface area contributed by atoms with Gasteiger partial charge in [-0.1, -0.05) is 13.0 Å². The molecule has 0 aliphatic heterocycles. The van der Waals surface area contributed by atoms with E-state index in [0.717, 1.165) is 16.9 Å². The zero-order valence-electron chi connectivity index (χ0n) is 12.4. The van der Waals surface area contributed by atoms with Crippen LogP contribution in [0, 0.1) is 20.8 Å². The van der Waals surface area contributed by atoms with Crippen molar-refractivity contribution in [2.45, 2.75) is 33.7 Å². The number of ether oxygens (including phenoxy) is 2. The Hall–Kier alpha value is -1.55. The van der Waals surface area contributed by atoms with E-state index in [9.17, 15) is 4.79 Å². The minimum atomic E-state index is -0.435. The number of carbonyl (C=O) groups is 1. The highest BCUT2D eigenvalue weighted by Gasteiger charge is 2.19. The molecular weight excluding hydrogens is 242 g/mol. The smallest absolute Gasteiger partial charge is 0.326 e. The van der Waals surface area contributed by atoms with E-state index in [1.165, 1.54) is 12.7 Å². The number of likely N-dealkylation sites (N-methyl/N-ethyl adjacent to an activating group) is 1. The minimum Gasteiger partial charge on any atom is -0.491 e. The lowest BCUT2D eigenvalue weighted by Gasteiger charge is -2.18. The second-order valence-electron chi connectivity index (χ2n) is 4.65. The van der Waals surface area contributed by atoms with Gasteiger partial charge in [-0.15, -0.1) is 0 Å². The van der Waals surface area contributed by atoms with Gasteiger partial charge in [-0.25, -0.2) is 0 Å². The Labute approximate surface area is 115 Å². The van der Waals surface area contributed by atoms with Crippen molar-refractivity contribution in [3.63, 3.8) is 0 Å². The summed E-state index contributed by atoms with van der Waals surface area (Å²) in [6.45, 7) is 9.00. The fraction of sp³-hybridized carbons (Fsp3) is 0.533. The molecule has 0 radical (unpaired) electrons. The van der Waals surface area contributed by atoms with E-state index in [4.69, 9.17) is 9.47 Å². The van der Waals surface area contributed by atoms with Gasteiger partial charge in [0, 0.05) is 0 Å². The molecule has 1 unspecified atom stereocenters. The summed E-state index contributed by atoms with van der Waals surface area (Å²) in [5.41, 5.74) is 3.44. The SMILES string of the molecule is CCNC(COc1cc(C)cc(C)c1C)C(=O)OC. The quantitative estimate of drug-likeness (QED) is 0.801. The van der Waals surface area contributed by atoms with Crippen molar-refractivity contribution in [1.29, 1.82) is 0 Å². The van der Waals surface area contributed by atoms with Crippen LogP contribution in [0.25, 0.3) is 0 Å². The van der Waals surface area contributed by atoms with Crippen LogP contribution in [0.3, 0.4) is 0 Å². The van der Waals surface area contributed by atoms with Gasteiger partial charge in [0.25, 0.3) is 0 Å². The van der Waals surface area contributed by atoms with E-state index in [-0.39, 0.29) is 12.6 Å². The first kappa shape index (κ1) is 15.5. The molecule has 4 heteroatoms. The summed E-state index contributed by atoms with van der Waals surface area (Å²) in [5, 5.41) is 3.05. The molecule has 19 heavy (non-hydrogen) atoms. The predicted octanol–water partition coefficient (Wildman–Crippen LogP) is 2.14. The molecule has 0 aliphatic carbocycles. The first-order valence-corrected chi connectivity index (χ1v) is 6.51. The van der Waals surface area contributed by atoms with Crippen LogP contribution in [0.15, 0.2) is 12.1 Å². The Balaban J connectivity index is 2.76. The number of nitrogens with one attached hydrogen (secondary N) is 1. The molecule has 1 aromatic rings. The summed E-state index contributed by atoms with van der Waals surface area (Å²) >= 11 is 0. The van der Waals surface area contributed by atoms with Gasteiger partial charge >= 0.3 is 5.97 Å². The molecule has 0 saturated carbocycles. The molecule has 1 N–H and O–H groups in total. The maximum absolute atomic E-state index is 11.6. The van der Waals surface area contributed by atoms with Gasteiger partial charge in [-0.2, -0.15) is 0 Å². The van der Waals surface area contributed by atoms with E-state index >= 15 is 0 Å². The first-order chi connectivity index (χ1) is 8.99. The lowest BCUT2D eigenvalue weighted by molar-refractivity contribution is -0.143. The summed E-state index contributed by atoms with van der Waals surface area (Å²) in [6.07, 6.45) is 0. The van der Waals surface area contributed by atoms with Gasteiger partial charge in [-0.3, -0.25) is 4.79 Å². The summed E-state index contributed by atoms with van der Waals surface area (Å²) in [7, 11) is 1.38. The van der Waals surface area contributed by atoms with Gasteiger partial charge in [0.05, 0.1) is 7.11 Å². The van der Waals surface area contributed by atoms with Crippen LogP contribution in [-0.4, -0.2) is 32.3 Å². The van der Waals surface area contributed by atoms with Crippen LogP contribution in [0.5, 0.6) is 5.75 Å². The third-order valence-corrected chi connectivity index (χ3v) is 3.11. The monoisotopic (exact) mass is 265 g/mol. The molecule has 1 rings (SSSR count). The van der Waals surface area contributed by atoms with Crippen LogP contribution in [0.2, 0.25) is 0 Å². The number of carbonyl (C=O) groups excluding carboxylic acids is 1. The number of methoxy groups -OCH3 is 1. The Morgan fingerprint density at radius 1 is 1.32 bits per heavy atom. The largest absolute Gasteiger partial charge is 0.491 e. The van der Waals surface area contributed by atoms with E-state index in [1.807, 2.05) is 26.8 Å². The van der Waals surface area contributed by atoms with E-state index in [2.05, 4.69) is 18.3 Å². The molecule has 0 aromatic heterocycles. The highest BCUT2D eigenvalue weighted by Crippen LogP contribution is 2.23. The van der Waals surface area contributed by atoms with Crippen LogP contribution in [0.4, 0.5) is 0 Å². The summed E-state index contributed by atoms with van der Waals surface area (Å²) in [4.78, 5) is 11.6. The van der Waals surface area contributed by atoms with Crippen LogP contribution in [0.1, 0.15) is 23.6 Å². The number of aryl methyl sites for hydroxylation is 2. The molecule has 1 atom stereocenters. The average molecular weight is 265 g/mol. The number of esters is 1. The zero-order chi connectivity index (χ0) is 14.4. The molecule has 1 aromatic carbocycles. The van der Waals surface area contributed by atoms with Gasteiger partial charge < -0.3 is 14.8 Å². The topological polar surface area (TPSA) is 47.6 Å². The normalized spacial score (nSPS) is 12.1. The Kier molecular flexibility index (Phi) is 5.83. The molecule has 106 valence electrons. The van der Waals surface area contributed by atoms with Crippen LogP contribution in [-0.2, 0) is 9.53 Å². The van der Waals surface area contributed by atoms with Crippen molar-refractivity contribution in [2.24, 2.45) is 0 Å². The van der Waals surface area contributed by atoms with Crippen LogP contribution >= 0.6 is 0 Å². The lowest BCUT2D eigenvalue weighted by atomic mass is 10.1. The first-order valence-electron chi connectivity index (χ1n) is 6.51. The fourth-order valence-corrected chi connectivity index (χ4v) is 1.92. The fourth-order valence-electron chi connectivity index (χ4n) is 1.92. The van der Waals surface area contributed by atoms with Crippen molar-refractivity contribution in [2.75, 3.05) is 20.3 Å². The summed E-state index contributed by atoms with van der Waals surface area (Å²) in [6, 6.07) is 3.67. The van der Waals surface area contributed by atoms with Gasteiger partial charge in [0.2, 0.25) is 0 Å². The minimum absolute atomic E-state index is 0.268. The van der Waals surface area contributed by atoms with Crippen molar-refractivity contribution in [3.05, 3.63) is 28.8 Å². The third-order valence-electron chi connectivity index (χ3n) is 3.11. The van der Waals surface area contributed by atoms with Crippen LogP contribution < -0.4 is 10.1 Å². The van der Waals surface area contributed by atoms with Crippen molar-refractivity contribution < 1.29 is 14.3 Å². The predicted molar refractivity (Wildman–Crippen MR) is 75.6 cm³/mol. The molecule has 0 heterocycles. The standard InChI is InChI=1S/C15H23NO3/c1-6-16-13(15(17)18-5)9-19-14-8-10(2)7-11(3)12(14)4/h7-8,13,16H,6,9H2,1-5H3. The molecule has 0 aliphatic rings. The number of benzene rings is 1. The van der Waals surface area contributed by atoms with Gasteiger partial charge in [-0.05, 0) is 50.1 Å². The molecular formula is C15H23NO3. The second kappa shape index (κ2) is 7.14. The summed E-state index contributed by atoms with van der Waals surface area (Å²) < 4.78 is 10.5. The Morgan fingerprint density at radius 2 is 2.00 bits per heavy atom. The molecule has 0 saturated heterocycles. The highest BCUT2D eigenvalue weighted by molar-refractivity contribution is 5.75. The number of rotatable bonds is 6. The Morgan fingerprint density at radius 3 is 2.58 bits per heavy atom. The lowest BCUT2D eigenvalue weighted by Crippen LogP contribution is -2.42. The third kappa shape index (κ3) is 4.24. The van der Waals surface area contributed by atoms with Crippen molar-refractivity contribution >= 4 is 5.97 Å². The average Bonchev–Trinajstić information content (AvgIpc) is 2.38. The molecule has 0 spiro atoms. The second-order valence-corrected chi connectivity index (χ2v) is 4.65. The van der Waals surface area contributed by atoms with Crippen molar-refractivity contribution in [3.8, 4) is 5.75 Å². The van der Waals surface area contributed by atoms with E-state index in [0.29, 0.717) is 6.54 Å².